The number of sulfonamides is 1. The van der Waals surface area contributed by atoms with E-state index >= 15 is 0 Å². The van der Waals surface area contributed by atoms with Crippen molar-refractivity contribution in [1.29, 1.82) is 0 Å². The molecule has 6 heteroatoms. The van der Waals surface area contributed by atoms with Crippen LogP contribution in [0.2, 0.25) is 0 Å². The molecule has 1 aromatic rings. The van der Waals surface area contributed by atoms with Crippen LogP contribution in [-0.4, -0.2) is 25.8 Å². The molecule has 0 spiro atoms. The summed E-state index contributed by atoms with van der Waals surface area (Å²) >= 11 is 5.71. The van der Waals surface area contributed by atoms with Gasteiger partial charge in [0.1, 0.15) is 5.82 Å². The van der Waals surface area contributed by atoms with Gasteiger partial charge in [0.2, 0.25) is 10.0 Å². The second kappa shape index (κ2) is 6.23. The van der Waals surface area contributed by atoms with E-state index in [-0.39, 0.29) is 27.8 Å². The minimum absolute atomic E-state index is 0.0169. The number of hydrogen-bond donors (Lipinski definition) is 0. The van der Waals surface area contributed by atoms with Crippen LogP contribution in [-0.2, 0) is 15.9 Å². The lowest BCUT2D eigenvalue weighted by atomic mass is 9.88. The van der Waals surface area contributed by atoms with Gasteiger partial charge in [-0.1, -0.05) is 20.8 Å². The van der Waals surface area contributed by atoms with Crippen LogP contribution in [0.3, 0.4) is 0 Å². The van der Waals surface area contributed by atoms with Crippen LogP contribution in [0.1, 0.15) is 38.8 Å². The van der Waals surface area contributed by atoms with E-state index in [9.17, 15) is 12.8 Å². The molecule has 0 amide bonds. The molecule has 0 aliphatic heterocycles. The molecule has 0 saturated heterocycles. The van der Waals surface area contributed by atoms with E-state index in [0.29, 0.717) is 5.56 Å². The third kappa shape index (κ3) is 3.76. The van der Waals surface area contributed by atoms with Gasteiger partial charge in [0.25, 0.3) is 0 Å². The summed E-state index contributed by atoms with van der Waals surface area (Å²) in [6.07, 6.45) is 0. The monoisotopic (exact) mass is 335 g/mol. The van der Waals surface area contributed by atoms with Gasteiger partial charge in [0.05, 0.1) is 4.90 Å². The Hall–Kier alpha value is -0.650. The summed E-state index contributed by atoms with van der Waals surface area (Å²) in [5.41, 5.74) is 0.352. The van der Waals surface area contributed by atoms with Crippen molar-refractivity contribution in [1.82, 2.24) is 4.31 Å². The standard InChI is InChI=1S/C15H23ClFNO2S/c1-10-13(17)7-12(9-16)8-14(10)21(19,20)18(6)11(2)15(3,4)5/h7-8,11H,9H2,1-6H3. The van der Waals surface area contributed by atoms with Gasteiger partial charge in [0, 0.05) is 24.5 Å². The Labute approximate surface area is 132 Å². The lowest BCUT2D eigenvalue weighted by Crippen LogP contribution is -2.43. The predicted octanol–water partition coefficient (Wildman–Crippen LogP) is 3.93. The number of alkyl halides is 1. The maximum atomic E-state index is 13.9. The number of halogens is 2. The molecular weight excluding hydrogens is 313 g/mol. The van der Waals surface area contributed by atoms with E-state index in [1.54, 1.807) is 0 Å². The molecule has 1 aromatic carbocycles. The smallest absolute Gasteiger partial charge is 0.207 e. The topological polar surface area (TPSA) is 37.4 Å². The quantitative estimate of drug-likeness (QED) is 0.782. The second-order valence-electron chi connectivity index (χ2n) is 6.40. The Morgan fingerprint density at radius 1 is 1.33 bits per heavy atom. The molecule has 0 radical (unpaired) electrons. The fourth-order valence-electron chi connectivity index (χ4n) is 1.96. The first kappa shape index (κ1) is 18.4. The fraction of sp³-hybridized carbons (Fsp3) is 0.600. The van der Waals surface area contributed by atoms with E-state index in [2.05, 4.69) is 0 Å². The third-order valence-electron chi connectivity index (χ3n) is 3.97. The first-order chi connectivity index (χ1) is 9.42. The molecule has 0 fully saturated rings. The molecule has 1 unspecified atom stereocenters. The van der Waals surface area contributed by atoms with Crippen molar-refractivity contribution in [3.63, 3.8) is 0 Å². The molecule has 1 atom stereocenters. The summed E-state index contributed by atoms with van der Waals surface area (Å²) in [5, 5.41) is 0. The number of hydrogen-bond acceptors (Lipinski definition) is 2. The summed E-state index contributed by atoms with van der Waals surface area (Å²) in [7, 11) is -2.25. The van der Waals surface area contributed by atoms with Crippen molar-refractivity contribution < 1.29 is 12.8 Å². The van der Waals surface area contributed by atoms with Crippen molar-refractivity contribution in [3.8, 4) is 0 Å². The zero-order valence-electron chi connectivity index (χ0n) is 13.4. The van der Waals surface area contributed by atoms with Crippen molar-refractivity contribution in [2.24, 2.45) is 5.41 Å². The molecule has 1 rings (SSSR count). The van der Waals surface area contributed by atoms with Gasteiger partial charge in [-0.25, -0.2) is 12.8 Å². The van der Waals surface area contributed by atoms with E-state index in [1.165, 1.54) is 30.4 Å². The lowest BCUT2D eigenvalue weighted by Gasteiger charge is -2.34. The molecule has 0 aliphatic rings. The molecule has 120 valence electrons. The van der Waals surface area contributed by atoms with Crippen molar-refractivity contribution in [2.75, 3.05) is 7.05 Å². The zero-order valence-corrected chi connectivity index (χ0v) is 14.9. The van der Waals surface area contributed by atoms with Crippen LogP contribution in [0.25, 0.3) is 0 Å². The maximum Gasteiger partial charge on any atom is 0.243 e. The van der Waals surface area contributed by atoms with Gasteiger partial charge >= 0.3 is 0 Å². The Bertz CT molecular complexity index is 623. The average molecular weight is 336 g/mol. The minimum atomic E-state index is -3.77. The van der Waals surface area contributed by atoms with Gasteiger partial charge in [-0.05, 0) is 37.0 Å². The van der Waals surface area contributed by atoms with E-state index < -0.39 is 15.8 Å². The summed E-state index contributed by atoms with van der Waals surface area (Å²) in [5.74, 6) is -0.485. The zero-order chi connectivity index (χ0) is 16.6. The van der Waals surface area contributed by atoms with Crippen LogP contribution >= 0.6 is 11.6 Å². The SMILES string of the molecule is Cc1c(F)cc(CCl)cc1S(=O)(=O)N(C)C(C)C(C)(C)C. The normalized spacial score (nSPS) is 14.5. The number of nitrogens with zero attached hydrogens (tertiary/aromatic N) is 1. The first-order valence-electron chi connectivity index (χ1n) is 6.76. The van der Waals surface area contributed by atoms with Crippen LogP contribution < -0.4 is 0 Å². The van der Waals surface area contributed by atoms with Crippen molar-refractivity contribution in [2.45, 2.75) is 51.4 Å². The highest BCUT2D eigenvalue weighted by Gasteiger charge is 2.33. The molecule has 0 heterocycles. The summed E-state index contributed by atoms with van der Waals surface area (Å²) in [4.78, 5) is -0.0169. The van der Waals surface area contributed by atoms with Crippen LogP contribution in [0.4, 0.5) is 4.39 Å². The molecule has 0 aromatic heterocycles. The third-order valence-corrected chi connectivity index (χ3v) is 6.33. The van der Waals surface area contributed by atoms with Crippen LogP contribution in [0.5, 0.6) is 0 Å². The van der Waals surface area contributed by atoms with Crippen LogP contribution in [0, 0.1) is 18.2 Å². The Morgan fingerprint density at radius 2 is 1.86 bits per heavy atom. The molecule has 0 saturated carbocycles. The molecule has 0 bridgehead atoms. The molecule has 3 nitrogen and oxygen atoms in total. The first-order valence-corrected chi connectivity index (χ1v) is 8.73. The summed E-state index contributed by atoms with van der Waals surface area (Å²) in [6, 6.07) is 2.49. The highest BCUT2D eigenvalue weighted by molar-refractivity contribution is 7.89. The largest absolute Gasteiger partial charge is 0.243 e. The van der Waals surface area contributed by atoms with Gasteiger partial charge in [-0.3, -0.25) is 0 Å². The Kier molecular flexibility index (Phi) is 5.45. The minimum Gasteiger partial charge on any atom is -0.207 e. The highest BCUT2D eigenvalue weighted by atomic mass is 35.5. The van der Waals surface area contributed by atoms with E-state index in [4.69, 9.17) is 11.6 Å². The molecule has 0 aliphatic carbocycles. The number of benzene rings is 1. The summed E-state index contributed by atoms with van der Waals surface area (Å²) < 4.78 is 40.8. The maximum absolute atomic E-state index is 13.9. The average Bonchev–Trinajstić information content (AvgIpc) is 2.38. The molecule has 0 N–H and O–H groups in total. The Balaban J connectivity index is 3.41. The predicted molar refractivity (Wildman–Crippen MR) is 84.6 cm³/mol. The second-order valence-corrected chi connectivity index (χ2v) is 8.63. The van der Waals surface area contributed by atoms with Gasteiger partial charge in [-0.15, -0.1) is 11.6 Å². The Morgan fingerprint density at radius 3 is 2.29 bits per heavy atom. The van der Waals surface area contributed by atoms with Gasteiger partial charge in [0.15, 0.2) is 0 Å². The van der Waals surface area contributed by atoms with E-state index in [0.717, 1.165) is 0 Å². The van der Waals surface area contributed by atoms with Gasteiger partial charge < -0.3 is 0 Å². The lowest BCUT2D eigenvalue weighted by molar-refractivity contribution is 0.216. The number of rotatable bonds is 4. The van der Waals surface area contributed by atoms with Crippen LogP contribution in [0.15, 0.2) is 17.0 Å². The fourth-order valence-corrected chi connectivity index (χ4v) is 3.94. The van der Waals surface area contributed by atoms with Gasteiger partial charge in [-0.2, -0.15) is 4.31 Å². The molecule has 21 heavy (non-hydrogen) atoms. The summed E-state index contributed by atoms with van der Waals surface area (Å²) in [6.45, 7) is 9.20. The van der Waals surface area contributed by atoms with Crippen molar-refractivity contribution in [3.05, 3.63) is 29.1 Å². The van der Waals surface area contributed by atoms with E-state index in [1.807, 2.05) is 27.7 Å². The molecular formula is C15H23ClFNO2S. The van der Waals surface area contributed by atoms with Crippen molar-refractivity contribution >= 4 is 21.6 Å². The highest BCUT2D eigenvalue weighted by Crippen LogP contribution is 2.30.